The van der Waals surface area contributed by atoms with E-state index < -0.39 is 0 Å². The van der Waals surface area contributed by atoms with Crippen molar-refractivity contribution in [1.29, 1.82) is 0 Å². The number of nitrogens with zero attached hydrogens (tertiary/aromatic N) is 1. The quantitative estimate of drug-likeness (QED) is 0.807. The molecule has 0 aromatic carbocycles. The molecule has 1 rings (SSSR count). The van der Waals surface area contributed by atoms with Gasteiger partial charge in [-0.1, -0.05) is 40.5 Å². The van der Waals surface area contributed by atoms with Gasteiger partial charge in [-0.05, 0) is 38.1 Å². The Morgan fingerprint density at radius 3 is 2.50 bits per heavy atom. The molecule has 0 saturated heterocycles. The minimum absolute atomic E-state index is 0.369. The van der Waals surface area contributed by atoms with Crippen LogP contribution >= 0.6 is 0 Å². The van der Waals surface area contributed by atoms with E-state index in [-0.39, 0.29) is 0 Å². The zero-order valence-corrected chi connectivity index (χ0v) is 13.4. The molecule has 0 aromatic rings. The molecular formula is C16H34N2. The van der Waals surface area contributed by atoms with Crippen LogP contribution in [0.3, 0.4) is 0 Å². The highest BCUT2D eigenvalue weighted by Crippen LogP contribution is 2.24. The lowest BCUT2D eigenvalue weighted by molar-refractivity contribution is 0.139. The first kappa shape index (κ1) is 16.0. The third-order valence-corrected chi connectivity index (χ3v) is 4.75. The Bertz CT molecular complexity index is 232. The Labute approximate surface area is 115 Å². The first-order valence-corrected chi connectivity index (χ1v) is 7.74. The summed E-state index contributed by atoms with van der Waals surface area (Å²) in [7, 11) is 2.25. The molecule has 1 aliphatic rings. The summed E-state index contributed by atoms with van der Waals surface area (Å²) in [6.45, 7) is 14.0. The normalized spacial score (nSPS) is 27.5. The van der Waals surface area contributed by atoms with Crippen molar-refractivity contribution >= 4 is 0 Å². The predicted molar refractivity (Wildman–Crippen MR) is 81.0 cm³/mol. The van der Waals surface area contributed by atoms with E-state index in [1.54, 1.807) is 0 Å². The van der Waals surface area contributed by atoms with Crippen molar-refractivity contribution in [2.24, 2.45) is 11.3 Å². The van der Waals surface area contributed by atoms with Gasteiger partial charge in [-0.2, -0.15) is 0 Å². The fourth-order valence-electron chi connectivity index (χ4n) is 2.92. The molecule has 3 atom stereocenters. The Kier molecular flexibility index (Phi) is 6.13. The van der Waals surface area contributed by atoms with Gasteiger partial charge in [0.05, 0.1) is 0 Å². The van der Waals surface area contributed by atoms with Crippen LogP contribution in [0.2, 0.25) is 0 Å². The molecule has 0 aromatic heterocycles. The SMILES string of the molecule is CC1CCCC(NCCN(C)C(C)C(C)(C)C)C1. The summed E-state index contributed by atoms with van der Waals surface area (Å²) >= 11 is 0. The van der Waals surface area contributed by atoms with Crippen LogP contribution in [0.5, 0.6) is 0 Å². The van der Waals surface area contributed by atoms with Gasteiger partial charge in [0.15, 0.2) is 0 Å². The van der Waals surface area contributed by atoms with Gasteiger partial charge in [-0.25, -0.2) is 0 Å². The van der Waals surface area contributed by atoms with Gasteiger partial charge in [0.25, 0.3) is 0 Å². The van der Waals surface area contributed by atoms with Gasteiger partial charge in [0.2, 0.25) is 0 Å². The second-order valence-electron chi connectivity index (χ2n) is 7.45. The summed E-state index contributed by atoms with van der Waals surface area (Å²) < 4.78 is 0. The summed E-state index contributed by atoms with van der Waals surface area (Å²) in [5, 5.41) is 3.75. The van der Waals surface area contributed by atoms with E-state index >= 15 is 0 Å². The monoisotopic (exact) mass is 254 g/mol. The van der Waals surface area contributed by atoms with Crippen LogP contribution in [0.4, 0.5) is 0 Å². The van der Waals surface area contributed by atoms with E-state index in [9.17, 15) is 0 Å². The molecule has 1 N–H and O–H groups in total. The lowest BCUT2D eigenvalue weighted by Gasteiger charge is -2.36. The number of hydrogen-bond acceptors (Lipinski definition) is 2. The van der Waals surface area contributed by atoms with E-state index in [2.05, 4.69) is 51.9 Å². The van der Waals surface area contributed by atoms with E-state index in [1.807, 2.05) is 0 Å². The number of rotatable bonds is 5. The highest BCUT2D eigenvalue weighted by molar-refractivity contribution is 4.79. The average molecular weight is 254 g/mol. The van der Waals surface area contributed by atoms with Crippen molar-refractivity contribution in [1.82, 2.24) is 10.2 Å². The van der Waals surface area contributed by atoms with E-state index in [0.717, 1.165) is 25.0 Å². The summed E-state index contributed by atoms with van der Waals surface area (Å²) in [4.78, 5) is 2.49. The van der Waals surface area contributed by atoms with Gasteiger partial charge in [0, 0.05) is 25.2 Å². The average Bonchev–Trinajstić information content (AvgIpc) is 2.26. The van der Waals surface area contributed by atoms with Crippen LogP contribution < -0.4 is 5.32 Å². The maximum absolute atomic E-state index is 3.75. The van der Waals surface area contributed by atoms with Crippen LogP contribution in [0.15, 0.2) is 0 Å². The minimum atomic E-state index is 0.369. The van der Waals surface area contributed by atoms with Crippen molar-refractivity contribution in [3.8, 4) is 0 Å². The summed E-state index contributed by atoms with van der Waals surface area (Å²) in [6, 6.07) is 1.40. The molecule has 0 spiro atoms. The molecule has 1 aliphatic carbocycles. The van der Waals surface area contributed by atoms with Gasteiger partial charge >= 0.3 is 0 Å². The van der Waals surface area contributed by atoms with Crippen LogP contribution in [0.1, 0.15) is 60.3 Å². The molecule has 108 valence electrons. The zero-order chi connectivity index (χ0) is 13.8. The lowest BCUT2D eigenvalue weighted by Crippen LogP contribution is -2.44. The van der Waals surface area contributed by atoms with E-state index in [0.29, 0.717) is 11.5 Å². The smallest absolute Gasteiger partial charge is 0.0113 e. The Hall–Kier alpha value is -0.0800. The van der Waals surface area contributed by atoms with Crippen molar-refractivity contribution < 1.29 is 0 Å². The molecule has 0 radical (unpaired) electrons. The molecule has 0 amide bonds. The standard InChI is InChI=1S/C16H34N2/c1-13-8-7-9-15(12-13)17-10-11-18(6)14(2)16(3,4)5/h13-15,17H,7-12H2,1-6H3. The van der Waals surface area contributed by atoms with Crippen LogP contribution in [-0.2, 0) is 0 Å². The summed E-state index contributed by atoms with van der Waals surface area (Å²) in [5.41, 5.74) is 0.369. The molecule has 0 bridgehead atoms. The topological polar surface area (TPSA) is 15.3 Å². The van der Waals surface area contributed by atoms with Gasteiger partial charge in [-0.15, -0.1) is 0 Å². The van der Waals surface area contributed by atoms with Crippen LogP contribution in [0.25, 0.3) is 0 Å². The molecule has 0 aliphatic heterocycles. The molecule has 3 unspecified atom stereocenters. The molecule has 18 heavy (non-hydrogen) atoms. The van der Waals surface area contributed by atoms with E-state index in [4.69, 9.17) is 0 Å². The minimum Gasteiger partial charge on any atom is -0.313 e. The van der Waals surface area contributed by atoms with Gasteiger partial charge in [0.1, 0.15) is 0 Å². The van der Waals surface area contributed by atoms with Crippen molar-refractivity contribution in [2.45, 2.75) is 72.4 Å². The number of likely N-dealkylation sites (N-methyl/N-ethyl adjacent to an activating group) is 1. The third-order valence-electron chi connectivity index (χ3n) is 4.75. The first-order chi connectivity index (χ1) is 8.30. The summed E-state index contributed by atoms with van der Waals surface area (Å²) in [5.74, 6) is 0.919. The second kappa shape index (κ2) is 6.91. The molecule has 2 heteroatoms. The second-order valence-corrected chi connectivity index (χ2v) is 7.45. The van der Waals surface area contributed by atoms with Crippen molar-refractivity contribution in [3.63, 3.8) is 0 Å². The van der Waals surface area contributed by atoms with Crippen LogP contribution in [-0.4, -0.2) is 37.1 Å². The lowest BCUT2D eigenvalue weighted by atomic mass is 9.87. The Morgan fingerprint density at radius 2 is 1.94 bits per heavy atom. The van der Waals surface area contributed by atoms with Crippen molar-refractivity contribution in [3.05, 3.63) is 0 Å². The van der Waals surface area contributed by atoms with Gasteiger partial charge in [-0.3, -0.25) is 0 Å². The fraction of sp³-hybridized carbons (Fsp3) is 1.00. The highest BCUT2D eigenvalue weighted by atomic mass is 15.1. The van der Waals surface area contributed by atoms with E-state index in [1.165, 1.54) is 25.7 Å². The molecule has 1 fully saturated rings. The Morgan fingerprint density at radius 1 is 1.28 bits per heavy atom. The molecule has 2 nitrogen and oxygen atoms in total. The summed E-state index contributed by atoms with van der Waals surface area (Å²) in [6.07, 6.45) is 5.59. The maximum Gasteiger partial charge on any atom is 0.0113 e. The molecule has 0 heterocycles. The Balaban J connectivity index is 2.21. The van der Waals surface area contributed by atoms with Crippen LogP contribution in [0, 0.1) is 11.3 Å². The van der Waals surface area contributed by atoms with Crippen molar-refractivity contribution in [2.75, 3.05) is 20.1 Å². The highest BCUT2D eigenvalue weighted by Gasteiger charge is 2.24. The maximum atomic E-state index is 3.75. The predicted octanol–water partition coefficient (Wildman–Crippen LogP) is 3.52. The number of hydrogen-bond donors (Lipinski definition) is 1. The third kappa shape index (κ3) is 5.27. The first-order valence-electron chi connectivity index (χ1n) is 7.74. The zero-order valence-electron chi connectivity index (χ0n) is 13.4. The fourth-order valence-corrected chi connectivity index (χ4v) is 2.92. The largest absolute Gasteiger partial charge is 0.313 e. The number of nitrogens with one attached hydrogen (secondary N) is 1. The molecular weight excluding hydrogens is 220 g/mol. The van der Waals surface area contributed by atoms with Gasteiger partial charge < -0.3 is 10.2 Å². The molecule has 1 saturated carbocycles.